The van der Waals surface area contributed by atoms with Gasteiger partial charge in [-0.1, -0.05) is 6.07 Å². The van der Waals surface area contributed by atoms with E-state index < -0.39 is 11.8 Å². The van der Waals surface area contributed by atoms with Gasteiger partial charge >= 0.3 is 5.97 Å². The maximum absolute atomic E-state index is 13.2. The average Bonchev–Trinajstić information content (AvgIpc) is 2.30. The van der Waals surface area contributed by atoms with Crippen molar-refractivity contribution in [3.05, 3.63) is 35.1 Å². The van der Waals surface area contributed by atoms with Crippen molar-refractivity contribution in [2.45, 2.75) is 18.8 Å². The van der Waals surface area contributed by atoms with E-state index in [1.54, 1.807) is 6.07 Å². The van der Waals surface area contributed by atoms with Crippen LogP contribution in [0.3, 0.4) is 0 Å². The number of halogens is 2. The quantitative estimate of drug-likeness (QED) is 0.858. The highest BCUT2D eigenvalue weighted by Gasteiger charge is 2.18. The van der Waals surface area contributed by atoms with Crippen LogP contribution in [0.1, 0.15) is 34.7 Å². The minimum absolute atomic E-state index is 0. The van der Waals surface area contributed by atoms with Crippen molar-refractivity contribution in [3.8, 4) is 0 Å². The van der Waals surface area contributed by atoms with E-state index in [4.69, 9.17) is 5.11 Å². The summed E-state index contributed by atoms with van der Waals surface area (Å²) in [6.45, 7) is 1.87. The molecular weight excluding hydrogens is 245 g/mol. The fraction of sp³-hybridized carbons (Fsp3) is 0.417. The Morgan fingerprint density at radius 2 is 2.00 bits per heavy atom. The molecule has 1 fully saturated rings. The lowest BCUT2D eigenvalue weighted by Gasteiger charge is -2.23. The first kappa shape index (κ1) is 13.9. The Hall–Kier alpha value is -1.13. The van der Waals surface area contributed by atoms with Crippen LogP contribution in [0.5, 0.6) is 0 Å². The van der Waals surface area contributed by atoms with E-state index in [0.717, 1.165) is 31.5 Å². The number of carbonyl (C=O) groups is 1. The summed E-state index contributed by atoms with van der Waals surface area (Å²) in [7, 11) is 0. The summed E-state index contributed by atoms with van der Waals surface area (Å²) in [5, 5.41) is 12.1. The van der Waals surface area contributed by atoms with E-state index in [-0.39, 0.29) is 18.0 Å². The van der Waals surface area contributed by atoms with Crippen molar-refractivity contribution in [2.24, 2.45) is 0 Å². The van der Waals surface area contributed by atoms with Gasteiger partial charge in [-0.2, -0.15) is 0 Å². The topological polar surface area (TPSA) is 49.3 Å². The zero-order valence-corrected chi connectivity index (χ0v) is 10.1. The summed E-state index contributed by atoms with van der Waals surface area (Å²) in [4.78, 5) is 10.8. The molecule has 0 aliphatic carbocycles. The monoisotopic (exact) mass is 259 g/mol. The number of hydrogen-bond acceptors (Lipinski definition) is 2. The second kappa shape index (κ2) is 5.98. The van der Waals surface area contributed by atoms with Crippen LogP contribution in [-0.2, 0) is 0 Å². The molecule has 17 heavy (non-hydrogen) atoms. The molecule has 3 nitrogen and oxygen atoms in total. The maximum Gasteiger partial charge on any atom is 0.338 e. The van der Waals surface area contributed by atoms with Crippen LogP contribution >= 0.6 is 12.4 Å². The van der Waals surface area contributed by atoms with Gasteiger partial charge in [0.15, 0.2) is 0 Å². The zero-order chi connectivity index (χ0) is 11.5. The van der Waals surface area contributed by atoms with Crippen LogP contribution in [-0.4, -0.2) is 24.2 Å². The number of hydrogen-bond donors (Lipinski definition) is 2. The van der Waals surface area contributed by atoms with E-state index in [9.17, 15) is 9.18 Å². The lowest BCUT2D eigenvalue weighted by molar-refractivity contribution is 0.0691. The number of carboxylic acid groups (broad SMARTS) is 1. The van der Waals surface area contributed by atoms with Crippen molar-refractivity contribution in [1.82, 2.24) is 5.32 Å². The molecule has 1 saturated heterocycles. The standard InChI is InChI=1S/C12H14FNO2.ClH/c13-11-2-1-9(7-10(11)12(15)16)8-3-5-14-6-4-8;/h1-2,7-8,14H,3-6H2,(H,15,16);1H. The van der Waals surface area contributed by atoms with Gasteiger partial charge in [0.25, 0.3) is 0 Å². The van der Waals surface area contributed by atoms with Crippen LogP contribution in [0.2, 0.25) is 0 Å². The SMILES string of the molecule is Cl.O=C(O)c1cc(C2CCNCC2)ccc1F. The van der Waals surface area contributed by atoms with E-state index in [1.165, 1.54) is 12.1 Å². The Morgan fingerprint density at radius 1 is 1.35 bits per heavy atom. The van der Waals surface area contributed by atoms with Crippen LogP contribution in [0, 0.1) is 5.82 Å². The Bertz CT molecular complexity index is 405. The predicted octanol–water partition coefficient (Wildman–Crippen LogP) is 2.41. The highest BCUT2D eigenvalue weighted by Crippen LogP contribution is 2.26. The summed E-state index contributed by atoms with van der Waals surface area (Å²) >= 11 is 0. The molecule has 0 saturated carbocycles. The Kier molecular flexibility index (Phi) is 4.90. The summed E-state index contributed by atoms with van der Waals surface area (Å²) in [5.41, 5.74) is 0.705. The molecule has 2 N–H and O–H groups in total. The molecule has 0 aromatic heterocycles. The number of piperidine rings is 1. The molecule has 0 unspecified atom stereocenters. The van der Waals surface area contributed by atoms with Gasteiger partial charge in [-0.15, -0.1) is 12.4 Å². The fourth-order valence-electron chi connectivity index (χ4n) is 2.12. The van der Waals surface area contributed by atoms with Crippen molar-refractivity contribution >= 4 is 18.4 Å². The van der Waals surface area contributed by atoms with Crippen LogP contribution in [0.4, 0.5) is 4.39 Å². The zero-order valence-electron chi connectivity index (χ0n) is 9.28. The van der Waals surface area contributed by atoms with Crippen molar-refractivity contribution in [1.29, 1.82) is 0 Å². The number of benzene rings is 1. The number of aromatic carboxylic acids is 1. The molecule has 1 aromatic carbocycles. The smallest absolute Gasteiger partial charge is 0.338 e. The molecule has 0 atom stereocenters. The van der Waals surface area contributed by atoms with Crippen LogP contribution in [0.25, 0.3) is 0 Å². The predicted molar refractivity (Wildman–Crippen MR) is 65.5 cm³/mol. The lowest BCUT2D eigenvalue weighted by atomic mass is 9.89. The molecule has 5 heteroatoms. The van der Waals surface area contributed by atoms with Crippen LogP contribution in [0.15, 0.2) is 18.2 Å². The van der Waals surface area contributed by atoms with E-state index in [0.29, 0.717) is 5.92 Å². The molecule has 0 amide bonds. The minimum Gasteiger partial charge on any atom is -0.478 e. The minimum atomic E-state index is -1.20. The van der Waals surface area contributed by atoms with Crippen LogP contribution < -0.4 is 5.32 Å². The molecule has 1 aliphatic rings. The summed E-state index contributed by atoms with van der Waals surface area (Å²) in [5.74, 6) is -1.52. The first-order valence-corrected chi connectivity index (χ1v) is 5.42. The van der Waals surface area contributed by atoms with Crippen molar-refractivity contribution in [2.75, 3.05) is 13.1 Å². The molecular formula is C12H15ClFNO2. The first-order chi connectivity index (χ1) is 7.68. The van der Waals surface area contributed by atoms with Gasteiger partial charge in [0.05, 0.1) is 5.56 Å². The Morgan fingerprint density at radius 3 is 2.59 bits per heavy atom. The third-order valence-corrected chi connectivity index (χ3v) is 3.03. The van der Waals surface area contributed by atoms with Gasteiger partial charge in [-0.25, -0.2) is 9.18 Å². The average molecular weight is 260 g/mol. The molecule has 0 spiro atoms. The summed E-state index contributed by atoms with van der Waals surface area (Å²) in [6.07, 6.45) is 1.95. The second-order valence-electron chi connectivity index (χ2n) is 4.07. The van der Waals surface area contributed by atoms with E-state index >= 15 is 0 Å². The lowest BCUT2D eigenvalue weighted by Crippen LogP contribution is -2.26. The summed E-state index contributed by atoms with van der Waals surface area (Å²) < 4.78 is 13.2. The molecule has 0 radical (unpaired) electrons. The first-order valence-electron chi connectivity index (χ1n) is 5.42. The highest BCUT2D eigenvalue weighted by molar-refractivity contribution is 5.88. The fourth-order valence-corrected chi connectivity index (χ4v) is 2.12. The normalized spacial score (nSPS) is 16.3. The van der Waals surface area contributed by atoms with E-state index in [2.05, 4.69) is 5.32 Å². The van der Waals surface area contributed by atoms with Gasteiger partial charge in [0.2, 0.25) is 0 Å². The van der Waals surface area contributed by atoms with Crippen molar-refractivity contribution in [3.63, 3.8) is 0 Å². The van der Waals surface area contributed by atoms with Gasteiger partial charge in [-0.3, -0.25) is 0 Å². The highest BCUT2D eigenvalue weighted by atomic mass is 35.5. The molecule has 1 aromatic rings. The number of carboxylic acids is 1. The van der Waals surface area contributed by atoms with E-state index in [1.807, 2.05) is 0 Å². The molecule has 1 heterocycles. The second-order valence-corrected chi connectivity index (χ2v) is 4.07. The third kappa shape index (κ3) is 3.17. The Labute approximate surface area is 105 Å². The van der Waals surface area contributed by atoms with Gasteiger partial charge in [0.1, 0.15) is 5.82 Å². The largest absolute Gasteiger partial charge is 0.478 e. The molecule has 0 bridgehead atoms. The van der Waals surface area contributed by atoms with Crippen molar-refractivity contribution < 1.29 is 14.3 Å². The van der Waals surface area contributed by atoms with Gasteiger partial charge in [-0.05, 0) is 49.5 Å². The number of nitrogens with one attached hydrogen (secondary N) is 1. The third-order valence-electron chi connectivity index (χ3n) is 3.03. The summed E-state index contributed by atoms with van der Waals surface area (Å²) in [6, 6.07) is 4.41. The molecule has 1 aliphatic heterocycles. The number of rotatable bonds is 2. The molecule has 2 rings (SSSR count). The maximum atomic E-state index is 13.2. The van der Waals surface area contributed by atoms with Gasteiger partial charge < -0.3 is 10.4 Å². The molecule has 94 valence electrons. The Balaban J connectivity index is 0.00000144. The van der Waals surface area contributed by atoms with Gasteiger partial charge in [0, 0.05) is 0 Å².